The highest BCUT2D eigenvalue weighted by Gasteiger charge is 2.28. The van der Waals surface area contributed by atoms with E-state index in [-0.39, 0.29) is 5.91 Å². The number of nitrogens with zero attached hydrogens (tertiary/aromatic N) is 7. The number of anilines is 2. The van der Waals surface area contributed by atoms with E-state index >= 15 is 0 Å². The zero-order valence-electron chi connectivity index (χ0n) is 16.2. The Balaban J connectivity index is 1.91. The summed E-state index contributed by atoms with van der Waals surface area (Å²) in [6.07, 6.45) is 3.39. The Morgan fingerprint density at radius 1 is 1.19 bits per heavy atom. The molecule has 1 aliphatic rings. The minimum Gasteiger partial charge on any atom is -0.362 e. The third kappa shape index (κ3) is 3.36. The van der Waals surface area contributed by atoms with Crippen molar-refractivity contribution in [2.75, 3.05) is 44.5 Å². The zero-order chi connectivity index (χ0) is 18.8. The molecule has 0 spiro atoms. The maximum absolute atomic E-state index is 13.0. The summed E-state index contributed by atoms with van der Waals surface area (Å²) in [5.41, 5.74) is 2.70. The molecule has 8 heteroatoms. The minimum atomic E-state index is 0.0121. The largest absolute Gasteiger partial charge is 0.362 e. The van der Waals surface area contributed by atoms with Crippen molar-refractivity contribution in [2.24, 2.45) is 0 Å². The maximum Gasteiger partial charge on any atom is 0.272 e. The van der Waals surface area contributed by atoms with E-state index < -0.39 is 0 Å². The van der Waals surface area contributed by atoms with Crippen LogP contribution in [0, 0.1) is 0 Å². The predicted molar refractivity (Wildman–Crippen MR) is 102 cm³/mol. The van der Waals surface area contributed by atoms with E-state index in [0.29, 0.717) is 24.7 Å². The molecule has 0 unspecified atom stereocenters. The van der Waals surface area contributed by atoms with E-state index in [1.165, 1.54) is 0 Å². The van der Waals surface area contributed by atoms with Crippen molar-refractivity contribution >= 4 is 17.7 Å². The molecule has 0 saturated carbocycles. The lowest BCUT2D eigenvalue weighted by atomic mass is 10.0. The van der Waals surface area contributed by atoms with Crippen LogP contribution in [-0.4, -0.2) is 65.3 Å². The van der Waals surface area contributed by atoms with Gasteiger partial charge in [-0.1, -0.05) is 6.92 Å². The standard InChI is InChI=1S/C18H27N7O/c1-6-10-25-15(7-9-19-25)17(26)24-11-8-13-14(12-24)20-18(23(4)5)21-16(13)22(2)3/h7,9H,6,8,10-12H2,1-5H3. The lowest BCUT2D eigenvalue weighted by Crippen LogP contribution is -2.38. The quantitative estimate of drug-likeness (QED) is 0.806. The fraction of sp³-hybridized carbons (Fsp3) is 0.556. The van der Waals surface area contributed by atoms with Crippen LogP contribution in [-0.2, 0) is 19.5 Å². The van der Waals surface area contributed by atoms with Gasteiger partial charge in [0.25, 0.3) is 5.91 Å². The van der Waals surface area contributed by atoms with Gasteiger partial charge in [0.1, 0.15) is 11.5 Å². The molecule has 140 valence electrons. The van der Waals surface area contributed by atoms with Gasteiger partial charge in [0.15, 0.2) is 0 Å². The minimum absolute atomic E-state index is 0.0121. The smallest absolute Gasteiger partial charge is 0.272 e. The molecular formula is C18H27N7O. The Labute approximate surface area is 154 Å². The Hall–Kier alpha value is -2.64. The third-order valence-corrected chi connectivity index (χ3v) is 4.51. The third-order valence-electron chi connectivity index (χ3n) is 4.51. The molecule has 0 atom stereocenters. The lowest BCUT2D eigenvalue weighted by Gasteiger charge is -2.31. The van der Waals surface area contributed by atoms with Crippen molar-refractivity contribution in [2.45, 2.75) is 32.9 Å². The van der Waals surface area contributed by atoms with E-state index in [9.17, 15) is 4.79 Å². The second-order valence-corrected chi connectivity index (χ2v) is 6.98. The van der Waals surface area contributed by atoms with Gasteiger partial charge in [-0.2, -0.15) is 10.1 Å². The van der Waals surface area contributed by atoms with Gasteiger partial charge >= 0.3 is 0 Å². The number of amides is 1. The maximum atomic E-state index is 13.0. The normalized spacial score (nSPS) is 13.5. The summed E-state index contributed by atoms with van der Waals surface area (Å²) in [6.45, 7) is 3.98. The molecule has 26 heavy (non-hydrogen) atoms. The first-order valence-electron chi connectivity index (χ1n) is 8.97. The fourth-order valence-corrected chi connectivity index (χ4v) is 3.21. The van der Waals surface area contributed by atoms with Crippen LogP contribution in [0.4, 0.5) is 11.8 Å². The highest BCUT2D eigenvalue weighted by atomic mass is 16.2. The number of carbonyl (C=O) groups excluding carboxylic acids is 1. The molecular weight excluding hydrogens is 330 g/mol. The van der Waals surface area contributed by atoms with E-state index in [0.717, 1.165) is 36.5 Å². The van der Waals surface area contributed by atoms with Crippen molar-refractivity contribution in [1.82, 2.24) is 24.6 Å². The molecule has 1 amide bonds. The second-order valence-electron chi connectivity index (χ2n) is 6.98. The van der Waals surface area contributed by atoms with Crippen molar-refractivity contribution in [1.29, 1.82) is 0 Å². The second kappa shape index (κ2) is 7.31. The first kappa shape index (κ1) is 18.2. The van der Waals surface area contributed by atoms with E-state index in [1.54, 1.807) is 16.9 Å². The first-order chi connectivity index (χ1) is 12.4. The molecule has 0 saturated heterocycles. The Morgan fingerprint density at radius 3 is 2.62 bits per heavy atom. The van der Waals surface area contributed by atoms with E-state index in [1.807, 2.05) is 42.9 Å². The van der Waals surface area contributed by atoms with Crippen LogP contribution in [0.3, 0.4) is 0 Å². The summed E-state index contributed by atoms with van der Waals surface area (Å²) in [5.74, 6) is 1.61. The van der Waals surface area contributed by atoms with Gasteiger partial charge in [0, 0.05) is 53.0 Å². The number of aryl methyl sites for hydroxylation is 1. The zero-order valence-corrected chi connectivity index (χ0v) is 16.2. The molecule has 2 aromatic rings. The molecule has 0 aliphatic carbocycles. The summed E-state index contributed by atoms with van der Waals surface area (Å²) < 4.78 is 1.79. The van der Waals surface area contributed by atoms with Crippen LogP contribution in [0.5, 0.6) is 0 Å². The molecule has 3 heterocycles. The summed E-state index contributed by atoms with van der Waals surface area (Å²) in [4.78, 5) is 28.1. The monoisotopic (exact) mass is 357 g/mol. The van der Waals surface area contributed by atoms with Crippen LogP contribution in [0.25, 0.3) is 0 Å². The molecule has 8 nitrogen and oxygen atoms in total. The highest BCUT2D eigenvalue weighted by molar-refractivity contribution is 5.92. The van der Waals surface area contributed by atoms with Gasteiger partial charge in [-0.05, 0) is 18.9 Å². The Morgan fingerprint density at radius 2 is 1.96 bits per heavy atom. The SMILES string of the molecule is CCCn1nccc1C(=O)N1CCc2c(nc(N(C)C)nc2N(C)C)C1. The number of carbonyl (C=O) groups is 1. The molecule has 0 N–H and O–H groups in total. The van der Waals surface area contributed by atoms with Gasteiger partial charge < -0.3 is 14.7 Å². The van der Waals surface area contributed by atoms with Gasteiger partial charge in [0.2, 0.25) is 5.95 Å². The first-order valence-corrected chi connectivity index (χ1v) is 8.97. The average Bonchev–Trinajstić information content (AvgIpc) is 3.07. The summed E-state index contributed by atoms with van der Waals surface area (Å²) in [5, 5.41) is 4.27. The molecule has 2 aromatic heterocycles. The Bertz CT molecular complexity index is 797. The molecule has 3 rings (SSSR count). The highest BCUT2D eigenvalue weighted by Crippen LogP contribution is 2.28. The number of hydrogen-bond acceptors (Lipinski definition) is 6. The van der Waals surface area contributed by atoms with E-state index in [4.69, 9.17) is 4.98 Å². The fourth-order valence-electron chi connectivity index (χ4n) is 3.21. The van der Waals surface area contributed by atoms with Gasteiger partial charge in [0.05, 0.1) is 12.2 Å². The van der Waals surface area contributed by atoms with Crippen molar-refractivity contribution in [3.05, 3.63) is 29.2 Å². The van der Waals surface area contributed by atoms with Crippen LogP contribution >= 0.6 is 0 Å². The van der Waals surface area contributed by atoms with Crippen molar-refractivity contribution < 1.29 is 4.79 Å². The van der Waals surface area contributed by atoms with E-state index in [2.05, 4.69) is 17.0 Å². The number of hydrogen-bond donors (Lipinski definition) is 0. The molecule has 0 bridgehead atoms. The topological polar surface area (TPSA) is 70.4 Å². The average molecular weight is 357 g/mol. The van der Waals surface area contributed by atoms with Gasteiger partial charge in [-0.15, -0.1) is 0 Å². The number of aromatic nitrogens is 4. The summed E-state index contributed by atoms with van der Waals surface area (Å²) in [6, 6.07) is 1.80. The number of rotatable bonds is 5. The predicted octanol–water partition coefficient (Wildman–Crippen LogP) is 1.41. The summed E-state index contributed by atoms with van der Waals surface area (Å²) >= 11 is 0. The van der Waals surface area contributed by atoms with Crippen LogP contribution in [0.15, 0.2) is 12.3 Å². The molecule has 0 radical (unpaired) electrons. The van der Waals surface area contributed by atoms with Crippen molar-refractivity contribution in [3.8, 4) is 0 Å². The lowest BCUT2D eigenvalue weighted by molar-refractivity contribution is 0.0719. The summed E-state index contributed by atoms with van der Waals surface area (Å²) in [7, 11) is 7.83. The molecule has 0 aromatic carbocycles. The van der Waals surface area contributed by atoms with Crippen LogP contribution < -0.4 is 9.80 Å². The number of fused-ring (bicyclic) bond motifs is 1. The van der Waals surface area contributed by atoms with Gasteiger partial charge in [-0.25, -0.2) is 4.98 Å². The molecule has 1 aliphatic heterocycles. The molecule has 0 fully saturated rings. The van der Waals surface area contributed by atoms with Crippen molar-refractivity contribution in [3.63, 3.8) is 0 Å². The van der Waals surface area contributed by atoms with Crippen LogP contribution in [0.2, 0.25) is 0 Å². The van der Waals surface area contributed by atoms with Gasteiger partial charge in [-0.3, -0.25) is 9.48 Å². The van der Waals surface area contributed by atoms with Crippen LogP contribution in [0.1, 0.15) is 35.1 Å². The Kier molecular flexibility index (Phi) is 5.11.